The first-order chi connectivity index (χ1) is 11.0. The Kier molecular flexibility index (Phi) is 5.63. The number of methoxy groups -OCH3 is 1. The largest absolute Gasteiger partial charge is 0.493 e. The van der Waals surface area contributed by atoms with Gasteiger partial charge in [0, 0.05) is 0 Å². The topological polar surface area (TPSA) is 44.8 Å². The molecule has 0 aromatic heterocycles. The number of hydrogen-bond acceptors (Lipinski definition) is 4. The lowest BCUT2D eigenvalue weighted by Crippen LogP contribution is -2.11. The van der Waals surface area contributed by atoms with Crippen LogP contribution in [0.15, 0.2) is 42.5 Å². The Morgan fingerprint density at radius 3 is 2.35 bits per heavy atom. The fourth-order valence-electron chi connectivity index (χ4n) is 2.04. The minimum atomic E-state index is -0.372. The normalized spacial score (nSPS) is 10.5. The maximum Gasteiger partial charge on any atom is 0.338 e. The molecule has 0 heterocycles. The van der Waals surface area contributed by atoms with E-state index in [0.717, 1.165) is 5.56 Å². The third kappa shape index (κ3) is 4.74. The molecule has 0 atom stereocenters. The van der Waals surface area contributed by atoms with Gasteiger partial charge in [0.05, 0.1) is 18.8 Å². The minimum absolute atomic E-state index is 0.165. The molecule has 0 aliphatic heterocycles. The SMILES string of the molecule is COc1ccc(C(=O)OC(C)C)cc1OCc1ccc(C)cc1. The molecule has 0 unspecified atom stereocenters. The van der Waals surface area contributed by atoms with Crippen LogP contribution in [0.5, 0.6) is 11.5 Å². The molecule has 0 aliphatic carbocycles. The summed E-state index contributed by atoms with van der Waals surface area (Å²) in [5.74, 6) is 0.729. The van der Waals surface area contributed by atoms with E-state index in [-0.39, 0.29) is 12.1 Å². The van der Waals surface area contributed by atoms with E-state index in [9.17, 15) is 4.79 Å². The van der Waals surface area contributed by atoms with Crippen LogP contribution in [0.1, 0.15) is 35.3 Å². The third-order valence-corrected chi connectivity index (χ3v) is 3.26. The highest BCUT2D eigenvalue weighted by molar-refractivity contribution is 5.90. The van der Waals surface area contributed by atoms with Crippen molar-refractivity contribution >= 4 is 5.97 Å². The second-order valence-corrected chi connectivity index (χ2v) is 5.59. The van der Waals surface area contributed by atoms with E-state index in [1.807, 2.05) is 45.0 Å². The van der Waals surface area contributed by atoms with E-state index in [1.165, 1.54) is 5.56 Å². The van der Waals surface area contributed by atoms with E-state index < -0.39 is 0 Å². The monoisotopic (exact) mass is 314 g/mol. The summed E-state index contributed by atoms with van der Waals surface area (Å²) in [6.07, 6.45) is -0.165. The summed E-state index contributed by atoms with van der Waals surface area (Å²) in [6, 6.07) is 13.1. The van der Waals surface area contributed by atoms with Crippen LogP contribution in [0.2, 0.25) is 0 Å². The molecule has 2 rings (SSSR count). The first kappa shape index (κ1) is 16.9. The van der Waals surface area contributed by atoms with E-state index >= 15 is 0 Å². The van der Waals surface area contributed by atoms with E-state index in [2.05, 4.69) is 0 Å². The van der Waals surface area contributed by atoms with Crippen molar-refractivity contribution in [3.05, 3.63) is 59.2 Å². The van der Waals surface area contributed by atoms with Crippen LogP contribution >= 0.6 is 0 Å². The number of esters is 1. The smallest absolute Gasteiger partial charge is 0.338 e. The van der Waals surface area contributed by atoms with Crippen molar-refractivity contribution in [2.24, 2.45) is 0 Å². The lowest BCUT2D eigenvalue weighted by atomic mass is 10.1. The molecule has 23 heavy (non-hydrogen) atoms. The summed E-state index contributed by atoms with van der Waals surface area (Å²) in [5.41, 5.74) is 2.69. The lowest BCUT2D eigenvalue weighted by Gasteiger charge is -2.13. The van der Waals surface area contributed by atoms with Gasteiger partial charge in [0.25, 0.3) is 0 Å². The van der Waals surface area contributed by atoms with Crippen LogP contribution < -0.4 is 9.47 Å². The fraction of sp³-hybridized carbons (Fsp3) is 0.316. The number of ether oxygens (including phenoxy) is 3. The summed E-state index contributed by atoms with van der Waals surface area (Å²) in [6.45, 7) is 6.07. The Morgan fingerprint density at radius 2 is 1.74 bits per heavy atom. The maximum atomic E-state index is 12.0. The molecular weight excluding hydrogens is 292 g/mol. The molecule has 0 saturated carbocycles. The summed E-state index contributed by atoms with van der Waals surface area (Å²) < 4.78 is 16.3. The summed E-state index contributed by atoms with van der Waals surface area (Å²) in [4.78, 5) is 12.0. The Bertz CT molecular complexity index is 660. The molecule has 4 heteroatoms. The van der Waals surface area contributed by atoms with Crippen LogP contribution in [-0.4, -0.2) is 19.2 Å². The standard InChI is InChI=1S/C19H22O4/c1-13(2)23-19(20)16-9-10-17(21-4)18(11-16)22-12-15-7-5-14(3)6-8-15/h5-11,13H,12H2,1-4H3. The number of aryl methyl sites for hydroxylation is 1. The number of benzene rings is 2. The minimum Gasteiger partial charge on any atom is -0.493 e. The van der Waals surface area contributed by atoms with Gasteiger partial charge in [0.15, 0.2) is 11.5 Å². The molecule has 2 aromatic carbocycles. The van der Waals surface area contributed by atoms with Gasteiger partial charge in [-0.05, 0) is 44.5 Å². The van der Waals surface area contributed by atoms with Crippen molar-refractivity contribution in [3.63, 3.8) is 0 Å². The molecule has 2 aromatic rings. The molecule has 0 N–H and O–H groups in total. The average Bonchev–Trinajstić information content (AvgIpc) is 2.53. The van der Waals surface area contributed by atoms with E-state index in [1.54, 1.807) is 25.3 Å². The van der Waals surface area contributed by atoms with Crippen molar-refractivity contribution in [1.82, 2.24) is 0 Å². The Morgan fingerprint density at radius 1 is 1.04 bits per heavy atom. The van der Waals surface area contributed by atoms with E-state index in [4.69, 9.17) is 14.2 Å². The van der Waals surface area contributed by atoms with Gasteiger partial charge < -0.3 is 14.2 Å². The van der Waals surface area contributed by atoms with Gasteiger partial charge in [0.1, 0.15) is 6.61 Å². The highest BCUT2D eigenvalue weighted by atomic mass is 16.5. The molecule has 0 fully saturated rings. The molecular formula is C19H22O4. The predicted molar refractivity (Wildman–Crippen MR) is 89.1 cm³/mol. The zero-order valence-electron chi connectivity index (χ0n) is 14.0. The second kappa shape index (κ2) is 7.68. The van der Waals surface area contributed by atoms with Gasteiger partial charge in [-0.25, -0.2) is 4.79 Å². The molecule has 4 nitrogen and oxygen atoms in total. The average molecular weight is 314 g/mol. The van der Waals surface area contributed by atoms with Gasteiger partial charge in [-0.2, -0.15) is 0 Å². The molecule has 0 aliphatic rings. The fourth-order valence-corrected chi connectivity index (χ4v) is 2.04. The Labute approximate surface area is 137 Å². The third-order valence-electron chi connectivity index (χ3n) is 3.26. The van der Waals surface area contributed by atoms with Gasteiger partial charge in [-0.1, -0.05) is 29.8 Å². The molecule has 0 radical (unpaired) electrons. The quantitative estimate of drug-likeness (QED) is 0.751. The predicted octanol–water partition coefficient (Wildman–Crippen LogP) is 4.15. The van der Waals surface area contributed by atoms with Gasteiger partial charge in [-0.3, -0.25) is 0 Å². The molecule has 0 spiro atoms. The zero-order valence-corrected chi connectivity index (χ0v) is 14.0. The Balaban J connectivity index is 2.15. The van der Waals surface area contributed by atoms with Crippen molar-refractivity contribution in [2.75, 3.05) is 7.11 Å². The van der Waals surface area contributed by atoms with E-state index in [0.29, 0.717) is 23.7 Å². The number of carbonyl (C=O) groups excluding carboxylic acids is 1. The summed E-state index contributed by atoms with van der Waals surface area (Å²) in [7, 11) is 1.57. The molecule has 0 saturated heterocycles. The van der Waals surface area contributed by atoms with Crippen molar-refractivity contribution < 1.29 is 19.0 Å². The number of carbonyl (C=O) groups is 1. The first-order valence-corrected chi connectivity index (χ1v) is 7.57. The van der Waals surface area contributed by atoms with Crippen molar-refractivity contribution in [3.8, 4) is 11.5 Å². The van der Waals surface area contributed by atoms with Crippen LogP contribution in [0, 0.1) is 6.92 Å². The summed E-state index contributed by atoms with van der Waals surface area (Å²) in [5, 5.41) is 0. The molecule has 0 bridgehead atoms. The van der Waals surface area contributed by atoms with Crippen LogP contribution in [0.25, 0.3) is 0 Å². The van der Waals surface area contributed by atoms with Crippen molar-refractivity contribution in [2.45, 2.75) is 33.5 Å². The number of rotatable bonds is 6. The highest BCUT2D eigenvalue weighted by Crippen LogP contribution is 2.29. The van der Waals surface area contributed by atoms with Gasteiger partial charge in [-0.15, -0.1) is 0 Å². The van der Waals surface area contributed by atoms with Gasteiger partial charge >= 0.3 is 5.97 Å². The van der Waals surface area contributed by atoms with Crippen LogP contribution in [0.4, 0.5) is 0 Å². The Hall–Kier alpha value is -2.49. The zero-order chi connectivity index (χ0) is 16.8. The maximum absolute atomic E-state index is 12.0. The first-order valence-electron chi connectivity index (χ1n) is 7.57. The molecule has 122 valence electrons. The molecule has 0 amide bonds. The van der Waals surface area contributed by atoms with Gasteiger partial charge in [0.2, 0.25) is 0 Å². The van der Waals surface area contributed by atoms with Crippen molar-refractivity contribution in [1.29, 1.82) is 0 Å². The lowest BCUT2D eigenvalue weighted by molar-refractivity contribution is 0.0377. The van der Waals surface area contributed by atoms with Crippen LogP contribution in [-0.2, 0) is 11.3 Å². The highest BCUT2D eigenvalue weighted by Gasteiger charge is 2.13. The van der Waals surface area contributed by atoms with Crippen LogP contribution in [0.3, 0.4) is 0 Å². The number of hydrogen-bond donors (Lipinski definition) is 0. The summed E-state index contributed by atoms with van der Waals surface area (Å²) >= 11 is 0. The second-order valence-electron chi connectivity index (χ2n) is 5.59.